The minimum Gasteiger partial charge on any atom is -0.392 e. The normalized spacial score (nSPS) is 26.0. The summed E-state index contributed by atoms with van der Waals surface area (Å²) in [6.07, 6.45) is 2.07. The maximum atomic E-state index is 11.7. The number of β-amino-alcohol motifs (C(OH)–C–C–N with tert-alkyl or cyclic N) is 1. The third-order valence-electron chi connectivity index (χ3n) is 3.70. The van der Waals surface area contributed by atoms with Crippen LogP contribution in [0.15, 0.2) is 0 Å². The van der Waals surface area contributed by atoms with E-state index >= 15 is 0 Å². The van der Waals surface area contributed by atoms with Crippen molar-refractivity contribution in [1.82, 2.24) is 9.21 Å². The van der Waals surface area contributed by atoms with Gasteiger partial charge in [-0.15, -0.1) is 0 Å². The summed E-state index contributed by atoms with van der Waals surface area (Å²) >= 11 is 0. The molecule has 5 nitrogen and oxygen atoms in total. The summed E-state index contributed by atoms with van der Waals surface area (Å²) in [4.78, 5) is 2.17. The van der Waals surface area contributed by atoms with Gasteiger partial charge in [0.25, 0.3) is 0 Å². The lowest BCUT2D eigenvalue weighted by Crippen LogP contribution is -2.50. The molecule has 2 aliphatic rings. The van der Waals surface area contributed by atoms with Gasteiger partial charge < -0.3 is 5.11 Å². The Kier molecular flexibility index (Phi) is 4.07. The van der Waals surface area contributed by atoms with E-state index in [9.17, 15) is 13.5 Å². The molecule has 0 bridgehead atoms. The van der Waals surface area contributed by atoms with Crippen LogP contribution in [-0.2, 0) is 10.0 Å². The third kappa shape index (κ3) is 3.40. The number of piperazine rings is 1. The number of aliphatic hydroxyl groups excluding tert-OH is 1. The standard InChI is InChI=1S/C11H22N2O3S/c1-2-17(15,16)13-7-5-12(6-8-13)9-11(14)10-3-4-10/h10-11,14H,2-9H2,1H3/t11-/m1/s1. The SMILES string of the molecule is CCS(=O)(=O)N1CCN(C[C@@H](O)C2CC2)CC1. The summed E-state index contributed by atoms with van der Waals surface area (Å²) in [7, 11) is -3.03. The monoisotopic (exact) mass is 262 g/mol. The molecule has 0 aromatic carbocycles. The van der Waals surface area contributed by atoms with E-state index in [4.69, 9.17) is 0 Å². The van der Waals surface area contributed by atoms with Gasteiger partial charge in [-0.3, -0.25) is 4.90 Å². The van der Waals surface area contributed by atoms with Crippen molar-refractivity contribution in [3.05, 3.63) is 0 Å². The molecule has 2 rings (SSSR count). The smallest absolute Gasteiger partial charge is 0.213 e. The molecular formula is C11H22N2O3S. The molecule has 1 N–H and O–H groups in total. The van der Waals surface area contributed by atoms with Crippen LogP contribution in [0.2, 0.25) is 0 Å². The largest absolute Gasteiger partial charge is 0.392 e. The van der Waals surface area contributed by atoms with Crippen molar-refractivity contribution >= 4 is 10.0 Å². The number of nitrogens with zero attached hydrogens (tertiary/aromatic N) is 2. The van der Waals surface area contributed by atoms with Crippen LogP contribution in [0.25, 0.3) is 0 Å². The van der Waals surface area contributed by atoms with E-state index in [0.717, 1.165) is 25.9 Å². The van der Waals surface area contributed by atoms with Gasteiger partial charge in [0.15, 0.2) is 0 Å². The van der Waals surface area contributed by atoms with Crippen molar-refractivity contribution in [3.63, 3.8) is 0 Å². The van der Waals surface area contributed by atoms with E-state index in [1.165, 1.54) is 0 Å². The van der Waals surface area contributed by atoms with Gasteiger partial charge in [0.05, 0.1) is 11.9 Å². The van der Waals surface area contributed by atoms with E-state index in [1.54, 1.807) is 11.2 Å². The Hall–Kier alpha value is -0.170. The molecule has 1 aliphatic heterocycles. The molecule has 0 amide bonds. The molecule has 0 radical (unpaired) electrons. The first-order chi connectivity index (χ1) is 8.03. The maximum absolute atomic E-state index is 11.7. The van der Waals surface area contributed by atoms with E-state index in [-0.39, 0.29) is 11.9 Å². The molecular weight excluding hydrogens is 240 g/mol. The summed E-state index contributed by atoms with van der Waals surface area (Å²) < 4.78 is 24.9. The highest BCUT2D eigenvalue weighted by Crippen LogP contribution is 2.32. The average Bonchev–Trinajstić information content (AvgIpc) is 3.13. The minimum atomic E-state index is -3.03. The Labute approximate surface area is 103 Å². The van der Waals surface area contributed by atoms with Crippen LogP contribution >= 0.6 is 0 Å². The summed E-state index contributed by atoms with van der Waals surface area (Å²) in [5.41, 5.74) is 0. The fraction of sp³-hybridized carbons (Fsp3) is 1.00. The van der Waals surface area contributed by atoms with Crippen molar-refractivity contribution in [2.75, 3.05) is 38.5 Å². The first kappa shape index (κ1) is 13.3. The Bertz CT molecular complexity index is 346. The van der Waals surface area contributed by atoms with Crippen molar-refractivity contribution in [2.45, 2.75) is 25.9 Å². The summed E-state index contributed by atoms with van der Waals surface area (Å²) in [6, 6.07) is 0. The van der Waals surface area contributed by atoms with Crippen molar-refractivity contribution < 1.29 is 13.5 Å². The molecule has 0 aromatic rings. The first-order valence-electron chi connectivity index (χ1n) is 6.41. The first-order valence-corrected chi connectivity index (χ1v) is 8.02. The van der Waals surface area contributed by atoms with Gasteiger partial charge in [-0.05, 0) is 25.7 Å². The van der Waals surface area contributed by atoms with Gasteiger partial charge in [-0.25, -0.2) is 8.42 Å². The molecule has 1 atom stereocenters. The number of hydrogen-bond donors (Lipinski definition) is 1. The predicted molar refractivity (Wildman–Crippen MR) is 66.2 cm³/mol. The van der Waals surface area contributed by atoms with Crippen LogP contribution in [0, 0.1) is 5.92 Å². The summed E-state index contributed by atoms with van der Waals surface area (Å²) in [5, 5.41) is 9.84. The van der Waals surface area contributed by atoms with Gasteiger partial charge in [-0.1, -0.05) is 0 Å². The Morgan fingerprint density at radius 2 is 1.82 bits per heavy atom. The lowest BCUT2D eigenvalue weighted by Gasteiger charge is -2.34. The van der Waals surface area contributed by atoms with Gasteiger partial charge >= 0.3 is 0 Å². The second-order valence-corrected chi connectivity index (χ2v) is 7.26. The maximum Gasteiger partial charge on any atom is 0.213 e. The lowest BCUT2D eigenvalue weighted by atomic mass is 10.2. The van der Waals surface area contributed by atoms with Crippen LogP contribution in [0.5, 0.6) is 0 Å². The second-order valence-electron chi connectivity index (χ2n) is 5.00. The van der Waals surface area contributed by atoms with Gasteiger partial charge in [0.1, 0.15) is 0 Å². The summed E-state index contributed by atoms with van der Waals surface area (Å²) in [5.74, 6) is 0.671. The Balaban J connectivity index is 1.77. The topological polar surface area (TPSA) is 60.9 Å². The zero-order valence-electron chi connectivity index (χ0n) is 10.4. The molecule has 1 saturated heterocycles. The van der Waals surface area contributed by atoms with Crippen LogP contribution in [0.4, 0.5) is 0 Å². The molecule has 1 saturated carbocycles. The van der Waals surface area contributed by atoms with E-state index < -0.39 is 10.0 Å². The zero-order chi connectivity index (χ0) is 12.5. The van der Waals surface area contributed by atoms with Crippen LogP contribution < -0.4 is 0 Å². The molecule has 0 aromatic heterocycles. The quantitative estimate of drug-likeness (QED) is 0.740. The molecule has 1 heterocycles. The number of hydrogen-bond acceptors (Lipinski definition) is 4. The van der Waals surface area contributed by atoms with Crippen LogP contribution in [-0.4, -0.2) is 67.3 Å². The fourth-order valence-electron chi connectivity index (χ4n) is 2.27. The van der Waals surface area contributed by atoms with E-state index in [0.29, 0.717) is 25.6 Å². The van der Waals surface area contributed by atoms with Crippen LogP contribution in [0.1, 0.15) is 19.8 Å². The van der Waals surface area contributed by atoms with Crippen molar-refractivity contribution in [2.24, 2.45) is 5.92 Å². The number of aliphatic hydroxyl groups is 1. The second kappa shape index (κ2) is 5.22. The molecule has 0 unspecified atom stereocenters. The highest BCUT2D eigenvalue weighted by atomic mass is 32.2. The summed E-state index contributed by atoms with van der Waals surface area (Å²) in [6.45, 7) is 4.98. The van der Waals surface area contributed by atoms with Gasteiger partial charge in [0, 0.05) is 32.7 Å². The van der Waals surface area contributed by atoms with E-state index in [2.05, 4.69) is 4.90 Å². The molecule has 17 heavy (non-hydrogen) atoms. The molecule has 6 heteroatoms. The lowest BCUT2D eigenvalue weighted by molar-refractivity contribution is 0.0782. The fourth-order valence-corrected chi connectivity index (χ4v) is 3.35. The molecule has 1 aliphatic carbocycles. The highest BCUT2D eigenvalue weighted by molar-refractivity contribution is 7.89. The molecule has 0 spiro atoms. The van der Waals surface area contributed by atoms with Crippen molar-refractivity contribution in [1.29, 1.82) is 0 Å². The van der Waals surface area contributed by atoms with Gasteiger partial charge in [0.2, 0.25) is 10.0 Å². The number of rotatable bonds is 5. The third-order valence-corrected chi connectivity index (χ3v) is 5.58. The molecule has 2 fully saturated rings. The van der Waals surface area contributed by atoms with Crippen molar-refractivity contribution in [3.8, 4) is 0 Å². The zero-order valence-corrected chi connectivity index (χ0v) is 11.2. The minimum absolute atomic E-state index is 0.178. The van der Waals surface area contributed by atoms with E-state index in [1.807, 2.05) is 0 Å². The van der Waals surface area contributed by atoms with Gasteiger partial charge in [-0.2, -0.15) is 4.31 Å². The number of sulfonamides is 1. The average molecular weight is 262 g/mol. The predicted octanol–water partition coefficient (Wildman–Crippen LogP) is -0.275. The van der Waals surface area contributed by atoms with Crippen LogP contribution in [0.3, 0.4) is 0 Å². The highest BCUT2D eigenvalue weighted by Gasteiger charge is 2.32. The Morgan fingerprint density at radius 3 is 2.29 bits per heavy atom. The molecule has 100 valence electrons. The Morgan fingerprint density at radius 1 is 1.24 bits per heavy atom.